The molecule has 0 bridgehead atoms. The molecule has 2 nitrogen and oxygen atoms in total. The maximum Gasteiger partial charge on any atom is 0.0669 e. The van der Waals surface area contributed by atoms with Crippen LogP contribution >= 0.6 is 35.5 Å². The summed E-state index contributed by atoms with van der Waals surface area (Å²) in [6, 6.07) is 0. The summed E-state index contributed by atoms with van der Waals surface area (Å²) in [6.07, 6.45) is 8.52. The van der Waals surface area contributed by atoms with Crippen LogP contribution in [0.1, 0.15) is 54.9 Å². The Morgan fingerprint density at radius 1 is 0.963 bits per heavy atom. The summed E-state index contributed by atoms with van der Waals surface area (Å²) in [5, 5.41) is 1.47. The predicted molar refractivity (Wildman–Crippen MR) is 131 cm³/mol. The number of nitrogens with zero attached hydrogens (tertiary/aromatic N) is 1. The Bertz CT molecular complexity index is 502. The Balaban J connectivity index is 1.50. The first-order valence-electron chi connectivity index (χ1n) is 10.6. The maximum absolute atomic E-state index is 6.41. The lowest BCUT2D eigenvalue weighted by Crippen LogP contribution is -2.37. The Labute approximate surface area is 177 Å². The van der Waals surface area contributed by atoms with Crippen molar-refractivity contribution >= 4 is 35.5 Å². The van der Waals surface area contributed by atoms with Crippen molar-refractivity contribution in [3.63, 3.8) is 0 Å². The second-order valence-electron chi connectivity index (χ2n) is 10.9. The van der Waals surface area contributed by atoms with E-state index in [1.54, 1.807) is 0 Å². The van der Waals surface area contributed by atoms with Gasteiger partial charge in [-0.25, -0.2) is 0 Å². The minimum atomic E-state index is -0.00608. The first-order valence-corrected chi connectivity index (χ1v) is 16.9. The zero-order chi connectivity index (χ0) is 19.9. The van der Waals surface area contributed by atoms with E-state index in [1.807, 2.05) is 0 Å². The number of hydrogen-bond donors (Lipinski definition) is 0. The third kappa shape index (κ3) is 6.05. The number of hydrogen-bond acceptors (Lipinski definition) is 3. The molecular weight excluding hydrogens is 407 g/mol. The highest BCUT2D eigenvalue weighted by Crippen LogP contribution is 2.61. The van der Waals surface area contributed by atoms with Gasteiger partial charge in [-0.05, 0) is 46.1 Å². The third-order valence-corrected chi connectivity index (χ3v) is 18.7. The molecule has 3 heterocycles. The molecule has 158 valence electrons. The van der Waals surface area contributed by atoms with Crippen molar-refractivity contribution in [2.75, 3.05) is 55.5 Å². The van der Waals surface area contributed by atoms with Crippen LogP contribution in [0.4, 0.5) is 0 Å². The second kappa shape index (κ2) is 8.97. The van der Waals surface area contributed by atoms with E-state index in [4.69, 9.17) is 4.74 Å². The van der Waals surface area contributed by atoms with E-state index < -0.39 is 0 Å². The average Bonchev–Trinajstić information content (AvgIpc) is 3.27. The largest absolute Gasteiger partial charge is 0.373 e. The quantitative estimate of drug-likeness (QED) is 0.429. The molecule has 3 saturated heterocycles. The van der Waals surface area contributed by atoms with Crippen molar-refractivity contribution in [1.82, 2.24) is 4.90 Å². The van der Waals surface area contributed by atoms with Gasteiger partial charge in [-0.1, -0.05) is 72.2 Å². The molecule has 4 unspecified atom stereocenters. The molecule has 6 heteroatoms. The van der Waals surface area contributed by atoms with Crippen LogP contribution in [-0.4, -0.2) is 81.9 Å². The van der Waals surface area contributed by atoms with Crippen molar-refractivity contribution in [2.24, 2.45) is 0 Å². The van der Waals surface area contributed by atoms with Gasteiger partial charge in [-0.15, -0.1) is 0 Å². The molecule has 4 atom stereocenters. The van der Waals surface area contributed by atoms with Gasteiger partial charge in [0.05, 0.1) is 12.5 Å². The third-order valence-electron chi connectivity index (χ3n) is 6.70. The molecule has 0 amide bonds. The van der Waals surface area contributed by atoms with Crippen molar-refractivity contribution in [3.8, 4) is 0 Å². The van der Waals surface area contributed by atoms with Gasteiger partial charge in [0.1, 0.15) is 0 Å². The van der Waals surface area contributed by atoms with Crippen molar-refractivity contribution in [1.29, 1.82) is 0 Å². The highest BCUT2D eigenvalue weighted by Gasteiger charge is 2.42. The van der Waals surface area contributed by atoms with Crippen LogP contribution in [0.5, 0.6) is 0 Å². The highest BCUT2D eigenvalue weighted by atomic mass is 32.2. The molecule has 3 aliphatic rings. The zero-order valence-corrected chi connectivity index (χ0v) is 22.3. The lowest BCUT2D eigenvalue weighted by Gasteiger charge is -2.36. The fraction of sp³-hybridized carbons (Fsp3) is 1.00. The fourth-order valence-electron chi connectivity index (χ4n) is 4.64. The lowest BCUT2D eigenvalue weighted by atomic mass is 10.1. The van der Waals surface area contributed by atoms with Crippen LogP contribution in [-0.2, 0) is 4.74 Å². The van der Waals surface area contributed by atoms with Crippen molar-refractivity contribution in [2.45, 2.75) is 76.5 Å². The minimum absolute atomic E-state index is 0.00608. The minimum Gasteiger partial charge on any atom is -0.373 e. The van der Waals surface area contributed by atoms with Gasteiger partial charge in [0, 0.05) is 24.9 Å². The van der Waals surface area contributed by atoms with E-state index in [9.17, 15) is 0 Å². The van der Waals surface area contributed by atoms with E-state index in [-0.39, 0.29) is 23.8 Å². The SMILES string of the molecule is CC(C)(C)P1CCN(CC(C)(C)P2COC(CC(C)(C)P3CCSC3)C2)C1. The van der Waals surface area contributed by atoms with Crippen LogP contribution in [0, 0.1) is 0 Å². The molecule has 27 heavy (non-hydrogen) atoms. The summed E-state index contributed by atoms with van der Waals surface area (Å²) in [4.78, 5) is 2.79. The number of thioether (sulfide) groups is 1. The van der Waals surface area contributed by atoms with Gasteiger partial charge in [-0.2, -0.15) is 11.8 Å². The van der Waals surface area contributed by atoms with Crippen molar-refractivity contribution < 1.29 is 4.74 Å². The van der Waals surface area contributed by atoms with Gasteiger partial charge in [0.2, 0.25) is 0 Å². The van der Waals surface area contributed by atoms with Crippen LogP contribution < -0.4 is 0 Å². The molecule has 0 aromatic rings. The molecular formula is C21H42NOP3S. The average molecular weight is 450 g/mol. The van der Waals surface area contributed by atoms with Crippen LogP contribution in [0.25, 0.3) is 0 Å². The molecule has 0 aliphatic carbocycles. The van der Waals surface area contributed by atoms with Crippen LogP contribution in [0.15, 0.2) is 0 Å². The Morgan fingerprint density at radius 3 is 2.30 bits per heavy atom. The molecule has 3 aliphatic heterocycles. The molecule has 3 rings (SSSR count). The topological polar surface area (TPSA) is 12.5 Å². The summed E-state index contributed by atoms with van der Waals surface area (Å²) < 4.78 is 6.41. The smallest absolute Gasteiger partial charge is 0.0669 e. The molecule has 0 spiro atoms. The van der Waals surface area contributed by atoms with Crippen LogP contribution in [0.3, 0.4) is 0 Å². The fourth-order valence-corrected chi connectivity index (χ4v) is 15.4. The summed E-state index contributed by atoms with van der Waals surface area (Å²) in [5.41, 5.74) is 1.43. The molecule has 0 saturated carbocycles. The number of rotatable bonds is 6. The predicted octanol–water partition coefficient (Wildman–Crippen LogP) is 6.51. The Morgan fingerprint density at radius 2 is 1.70 bits per heavy atom. The van der Waals surface area contributed by atoms with Gasteiger partial charge < -0.3 is 4.74 Å². The summed E-state index contributed by atoms with van der Waals surface area (Å²) in [5.74, 6) is 1.40. The van der Waals surface area contributed by atoms with E-state index in [0.717, 1.165) is 6.35 Å². The maximum atomic E-state index is 6.41. The molecule has 0 aromatic heterocycles. The zero-order valence-electron chi connectivity index (χ0n) is 18.8. The highest BCUT2D eigenvalue weighted by molar-refractivity contribution is 8.07. The second-order valence-corrected chi connectivity index (χ2v) is 21.6. The van der Waals surface area contributed by atoms with Gasteiger partial charge in [-0.3, -0.25) is 4.90 Å². The standard InChI is InChI=1S/C21H42NOP3S/c1-19(2,3)24-9-8-22(15-24)14-21(6,7)26-13-18(23-16-26)12-20(4,5)25-10-11-27-17-25/h18H,8-17H2,1-7H3. The van der Waals surface area contributed by atoms with Gasteiger partial charge >= 0.3 is 0 Å². The number of ether oxygens (including phenoxy) is 1. The van der Waals surface area contributed by atoms with Gasteiger partial charge in [0.25, 0.3) is 0 Å². The van der Waals surface area contributed by atoms with E-state index in [1.165, 1.54) is 55.5 Å². The van der Waals surface area contributed by atoms with Crippen molar-refractivity contribution in [3.05, 3.63) is 0 Å². The molecule has 0 radical (unpaired) electrons. The summed E-state index contributed by atoms with van der Waals surface area (Å²) in [6.45, 7) is 20.1. The molecule has 0 N–H and O–H groups in total. The lowest BCUT2D eigenvalue weighted by molar-refractivity contribution is 0.109. The Hall–Kier alpha value is 1.56. The van der Waals surface area contributed by atoms with Crippen LogP contribution in [0.2, 0.25) is 0 Å². The molecule has 0 aromatic carbocycles. The normalized spacial score (nSPS) is 33.9. The first kappa shape index (κ1) is 23.2. The van der Waals surface area contributed by atoms with Gasteiger partial charge in [0.15, 0.2) is 0 Å². The van der Waals surface area contributed by atoms with E-state index in [2.05, 4.69) is 65.1 Å². The summed E-state index contributed by atoms with van der Waals surface area (Å²) >= 11 is 2.18. The first-order chi connectivity index (χ1) is 12.5. The molecule has 3 fully saturated rings. The van der Waals surface area contributed by atoms with E-state index >= 15 is 0 Å². The Kier molecular flexibility index (Phi) is 7.72. The van der Waals surface area contributed by atoms with E-state index in [0.29, 0.717) is 21.6 Å². The monoisotopic (exact) mass is 449 g/mol. The summed E-state index contributed by atoms with van der Waals surface area (Å²) in [7, 11) is 0.382.